The minimum Gasteiger partial charge on any atom is -0.324 e. The standard InChI is InChI=1S/C18H24N2/c19-17(14-8-4-2-1-3-5-9-14)16-12-6-10-15-11-7-13-20-18(15)16/h6-7,10-14,17H,1-5,8-9,19H2. The van der Waals surface area contributed by atoms with E-state index in [0.717, 1.165) is 5.52 Å². The fourth-order valence-corrected chi connectivity index (χ4v) is 3.50. The average Bonchev–Trinajstić information content (AvgIpc) is 2.46. The van der Waals surface area contributed by atoms with Crippen LogP contribution in [0.15, 0.2) is 36.5 Å². The number of aromatic nitrogens is 1. The molecular weight excluding hydrogens is 244 g/mol. The predicted octanol–water partition coefficient (Wildman–Crippen LogP) is 4.60. The lowest BCUT2D eigenvalue weighted by molar-refractivity contribution is 0.328. The molecule has 3 rings (SSSR count). The van der Waals surface area contributed by atoms with Crippen molar-refractivity contribution in [2.45, 2.75) is 51.0 Å². The highest BCUT2D eigenvalue weighted by Gasteiger charge is 2.22. The van der Waals surface area contributed by atoms with Gasteiger partial charge in [-0.3, -0.25) is 4.98 Å². The third kappa shape index (κ3) is 2.85. The third-order valence-electron chi connectivity index (χ3n) is 4.68. The van der Waals surface area contributed by atoms with Gasteiger partial charge in [-0.2, -0.15) is 0 Å². The largest absolute Gasteiger partial charge is 0.324 e. The lowest BCUT2D eigenvalue weighted by Gasteiger charge is -2.26. The number of pyridine rings is 1. The van der Waals surface area contributed by atoms with Gasteiger partial charge in [0.1, 0.15) is 0 Å². The topological polar surface area (TPSA) is 38.9 Å². The minimum absolute atomic E-state index is 0.131. The summed E-state index contributed by atoms with van der Waals surface area (Å²) in [5.74, 6) is 0.614. The van der Waals surface area contributed by atoms with Crippen LogP contribution in [0, 0.1) is 5.92 Å². The Labute approximate surface area is 121 Å². The number of fused-ring (bicyclic) bond motifs is 1. The number of rotatable bonds is 2. The summed E-state index contributed by atoms with van der Waals surface area (Å²) in [6.45, 7) is 0. The molecule has 2 heteroatoms. The van der Waals surface area contributed by atoms with Gasteiger partial charge in [0, 0.05) is 17.6 Å². The molecule has 1 aromatic heterocycles. The highest BCUT2D eigenvalue weighted by Crippen LogP contribution is 2.33. The first kappa shape index (κ1) is 13.6. The molecule has 2 N–H and O–H groups in total. The third-order valence-corrected chi connectivity index (χ3v) is 4.68. The van der Waals surface area contributed by atoms with Gasteiger partial charge in [0.05, 0.1) is 5.52 Å². The summed E-state index contributed by atoms with van der Waals surface area (Å²) >= 11 is 0. The summed E-state index contributed by atoms with van der Waals surface area (Å²) in [4.78, 5) is 4.56. The molecule has 1 aliphatic rings. The number of hydrogen-bond acceptors (Lipinski definition) is 2. The highest BCUT2D eigenvalue weighted by atomic mass is 14.7. The Morgan fingerprint density at radius 2 is 1.65 bits per heavy atom. The first-order valence-electron chi connectivity index (χ1n) is 7.95. The number of benzene rings is 1. The molecule has 0 radical (unpaired) electrons. The van der Waals surface area contributed by atoms with Crippen LogP contribution in [0.2, 0.25) is 0 Å². The summed E-state index contributed by atoms with van der Waals surface area (Å²) in [6.07, 6.45) is 11.2. The Kier molecular flexibility index (Phi) is 4.31. The first-order chi connectivity index (χ1) is 9.86. The van der Waals surface area contributed by atoms with Gasteiger partial charge >= 0.3 is 0 Å². The molecule has 1 aliphatic carbocycles. The predicted molar refractivity (Wildman–Crippen MR) is 84.5 cm³/mol. The van der Waals surface area contributed by atoms with Crippen LogP contribution in [-0.2, 0) is 0 Å². The van der Waals surface area contributed by atoms with E-state index in [4.69, 9.17) is 5.73 Å². The van der Waals surface area contributed by atoms with Gasteiger partial charge in [-0.1, -0.05) is 56.4 Å². The number of para-hydroxylation sites is 1. The van der Waals surface area contributed by atoms with E-state index in [9.17, 15) is 0 Å². The molecule has 1 saturated carbocycles. The molecule has 0 saturated heterocycles. The molecule has 0 spiro atoms. The van der Waals surface area contributed by atoms with Crippen LogP contribution in [0.3, 0.4) is 0 Å². The van der Waals surface area contributed by atoms with Crippen molar-refractivity contribution in [3.63, 3.8) is 0 Å². The molecule has 0 amide bonds. The van der Waals surface area contributed by atoms with E-state index in [1.165, 1.54) is 55.9 Å². The van der Waals surface area contributed by atoms with Gasteiger partial charge in [0.2, 0.25) is 0 Å². The van der Waals surface area contributed by atoms with Crippen LogP contribution in [0.5, 0.6) is 0 Å². The molecule has 20 heavy (non-hydrogen) atoms. The van der Waals surface area contributed by atoms with Gasteiger partial charge in [0.25, 0.3) is 0 Å². The zero-order chi connectivity index (χ0) is 13.8. The second-order valence-corrected chi connectivity index (χ2v) is 6.05. The average molecular weight is 268 g/mol. The van der Waals surface area contributed by atoms with Gasteiger partial charge in [-0.25, -0.2) is 0 Å². The molecule has 0 aliphatic heterocycles. The van der Waals surface area contributed by atoms with Crippen LogP contribution in [0.25, 0.3) is 10.9 Å². The van der Waals surface area contributed by atoms with Gasteiger partial charge in [-0.05, 0) is 30.4 Å². The lowest BCUT2D eigenvalue weighted by Crippen LogP contribution is -2.22. The Balaban J connectivity index is 1.89. The van der Waals surface area contributed by atoms with E-state index in [0.29, 0.717) is 5.92 Å². The second kappa shape index (κ2) is 6.36. The molecule has 1 atom stereocenters. The van der Waals surface area contributed by atoms with E-state index in [-0.39, 0.29) is 6.04 Å². The van der Waals surface area contributed by atoms with Crippen molar-refractivity contribution < 1.29 is 0 Å². The van der Waals surface area contributed by atoms with Crippen molar-refractivity contribution in [2.24, 2.45) is 11.7 Å². The summed E-state index contributed by atoms with van der Waals surface area (Å²) in [5, 5.41) is 1.20. The smallest absolute Gasteiger partial charge is 0.0749 e. The van der Waals surface area contributed by atoms with Crippen molar-refractivity contribution in [3.05, 3.63) is 42.1 Å². The van der Waals surface area contributed by atoms with Gasteiger partial charge in [0.15, 0.2) is 0 Å². The molecular formula is C18H24N2. The Morgan fingerprint density at radius 1 is 0.950 bits per heavy atom. The van der Waals surface area contributed by atoms with Crippen LogP contribution >= 0.6 is 0 Å². The maximum atomic E-state index is 6.62. The zero-order valence-electron chi connectivity index (χ0n) is 12.1. The minimum atomic E-state index is 0.131. The van der Waals surface area contributed by atoms with Crippen LogP contribution in [0.1, 0.15) is 56.6 Å². The fraction of sp³-hybridized carbons (Fsp3) is 0.500. The molecule has 106 valence electrons. The first-order valence-corrected chi connectivity index (χ1v) is 7.95. The van der Waals surface area contributed by atoms with Crippen molar-refractivity contribution >= 4 is 10.9 Å². The maximum Gasteiger partial charge on any atom is 0.0749 e. The number of hydrogen-bond donors (Lipinski definition) is 1. The van der Waals surface area contributed by atoms with Gasteiger partial charge in [-0.15, -0.1) is 0 Å². The molecule has 1 fully saturated rings. The molecule has 2 aromatic rings. The molecule has 1 unspecified atom stereocenters. The quantitative estimate of drug-likeness (QED) is 0.864. The normalized spacial score (nSPS) is 19.4. The Hall–Kier alpha value is -1.41. The molecule has 2 nitrogen and oxygen atoms in total. The molecule has 1 aromatic carbocycles. The monoisotopic (exact) mass is 268 g/mol. The fourth-order valence-electron chi connectivity index (χ4n) is 3.50. The van der Waals surface area contributed by atoms with Crippen LogP contribution < -0.4 is 5.73 Å². The SMILES string of the molecule is NC(c1cccc2cccnc12)C1CCCCCCC1. The summed E-state index contributed by atoms with van der Waals surface area (Å²) < 4.78 is 0. The van der Waals surface area contributed by atoms with Crippen LogP contribution in [-0.4, -0.2) is 4.98 Å². The van der Waals surface area contributed by atoms with Crippen molar-refractivity contribution in [2.75, 3.05) is 0 Å². The van der Waals surface area contributed by atoms with E-state index in [1.807, 2.05) is 12.3 Å². The maximum absolute atomic E-state index is 6.62. The van der Waals surface area contributed by atoms with Crippen LogP contribution in [0.4, 0.5) is 0 Å². The molecule has 1 heterocycles. The zero-order valence-corrected chi connectivity index (χ0v) is 12.1. The van der Waals surface area contributed by atoms with Crippen molar-refractivity contribution in [1.82, 2.24) is 4.98 Å². The molecule has 0 bridgehead atoms. The van der Waals surface area contributed by atoms with Gasteiger partial charge < -0.3 is 5.73 Å². The van der Waals surface area contributed by atoms with E-state index < -0.39 is 0 Å². The van der Waals surface area contributed by atoms with Crippen molar-refractivity contribution in [3.8, 4) is 0 Å². The van der Waals surface area contributed by atoms with E-state index in [1.54, 1.807) is 0 Å². The number of nitrogens with zero attached hydrogens (tertiary/aromatic N) is 1. The van der Waals surface area contributed by atoms with Crippen molar-refractivity contribution in [1.29, 1.82) is 0 Å². The Bertz CT molecular complexity index is 551. The summed E-state index contributed by atoms with van der Waals surface area (Å²) in [5.41, 5.74) is 8.93. The van der Waals surface area contributed by atoms with E-state index >= 15 is 0 Å². The summed E-state index contributed by atoms with van der Waals surface area (Å²) in [6, 6.07) is 10.6. The van der Waals surface area contributed by atoms with E-state index in [2.05, 4.69) is 29.2 Å². The Morgan fingerprint density at radius 3 is 2.45 bits per heavy atom. The summed E-state index contributed by atoms with van der Waals surface area (Å²) in [7, 11) is 0. The number of nitrogens with two attached hydrogens (primary N) is 1. The highest BCUT2D eigenvalue weighted by molar-refractivity contribution is 5.82. The lowest BCUT2D eigenvalue weighted by atomic mass is 9.83. The second-order valence-electron chi connectivity index (χ2n) is 6.05.